The maximum atomic E-state index is 5.86. The molecule has 2 fully saturated rings. The monoisotopic (exact) mass is 168 g/mol. The van der Waals surface area contributed by atoms with Crippen LogP contribution < -0.4 is 5.73 Å². The van der Waals surface area contributed by atoms with Crippen molar-refractivity contribution in [3.63, 3.8) is 0 Å². The zero-order valence-electron chi connectivity index (χ0n) is 7.84. The molecule has 0 spiro atoms. The van der Waals surface area contributed by atoms with E-state index in [0.29, 0.717) is 6.04 Å². The van der Waals surface area contributed by atoms with Crippen LogP contribution in [0.4, 0.5) is 0 Å². The Labute approximate surface area is 75.1 Å². The molecule has 1 atom stereocenters. The molecule has 12 heavy (non-hydrogen) atoms. The van der Waals surface area contributed by atoms with Crippen molar-refractivity contribution in [2.75, 3.05) is 19.6 Å². The molecule has 0 aromatic heterocycles. The third kappa shape index (κ3) is 1.99. The summed E-state index contributed by atoms with van der Waals surface area (Å²) in [5.41, 5.74) is 5.86. The van der Waals surface area contributed by atoms with Crippen LogP contribution in [-0.2, 0) is 0 Å². The van der Waals surface area contributed by atoms with Crippen molar-refractivity contribution < 1.29 is 0 Å². The molecule has 1 heterocycles. The molecule has 1 aliphatic heterocycles. The van der Waals surface area contributed by atoms with Gasteiger partial charge in [0.15, 0.2) is 0 Å². The molecule has 0 radical (unpaired) electrons. The van der Waals surface area contributed by atoms with Crippen molar-refractivity contribution in [3.8, 4) is 0 Å². The van der Waals surface area contributed by atoms with Gasteiger partial charge in [-0.3, -0.25) is 0 Å². The Morgan fingerprint density at radius 3 is 2.50 bits per heavy atom. The number of nitrogens with zero attached hydrogens (tertiary/aromatic N) is 1. The first-order valence-electron chi connectivity index (χ1n) is 5.32. The third-order valence-electron chi connectivity index (χ3n) is 3.30. The third-order valence-corrected chi connectivity index (χ3v) is 3.30. The fourth-order valence-electron chi connectivity index (χ4n) is 2.59. The normalized spacial score (nSPS) is 33.2. The molecule has 1 saturated carbocycles. The van der Waals surface area contributed by atoms with Crippen LogP contribution in [0.15, 0.2) is 0 Å². The standard InChI is InChI=1S/C10H20N2/c11-10-5-6-12(8-10)7-9-3-1-2-4-9/h9-10H,1-8,11H2/t10-/m0/s1. The van der Waals surface area contributed by atoms with E-state index in [9.17, 15) is 0 Å². The van der Waals surface area contributed by atoms with Crippen molar-refractivity contribution in [2.45, 2.75) is 38.1 Å². The summed E-state index contributed by atoms with van der Waals surface area (Å²) >= 11 is 0. The molecule has 1 saturated heterocycles. The molecule has 0 bridgehead atoms. The second-order valence-corrected chi connectivity index (χ2v) is 4.46. The Morgan fingerprint density at radius 2 is 1.92 bits per heavy atom. The van der Waals surface area contributed by atoms with E-state index in [1.54, 1.807) is 0 Å². The van der Waals surface area contributed by atoms with Crippen molar-refractivity contribution in [1.29, 1.82) is 0 Å². The Hall–Kier alpha value is -0.0800. The number of likely N-dealkylation sites (tertiary alicyclic amines) is 1. The summed E-state index contributed by atoms with van der Waals surface area (Å²) < 4.78 is 0. The van der Waals surface area contributed by atoms with Gasteiger partial charge in [0.05, 0.1) is 0 Å². The van der Waals surface area contributed by atoms with Crippen LogP contribution >= 0.6 is 0 Å². The van der Waals surface area contributed by atoms with Gasteiger partial charge in [-0.25, -0.2) is 0 Å². The highest BCUT2D eigenvalue weighted by Gasteiger charge is 2.23. The molecule has 2 aliphatic rings. The molecule has 2 heteroatoms. The molecule has 70 valence electrons. The molecule has 0 unspecified atom stereocenters. The summed E-state index contributed by atoms with van der Waals surface area (Å²) in [6.45, 7) is 3.72. The van der Waals surface area contributed by atoms with Crippen LogP contribution in [0.1, 0.15) is 32.1 Å². The van der Waals surface area contributed by atoms with Crippen molar-refractivity contribution >= 4 is 0 Å². The van der Waals surface area contributed by atoms with Crippen molar-refractivity contribution in [2.24, 2.45) is 11.7 Å². The average Bonchev–Trinajstić information content (AvgIpc) is 2.63. The van der Waals surface area contributed by atoms with E-state index in [-0.39, 0.29) is 0 Å². The van der Waals surface area contributed by atoms with Crippen LogP contribution in [0, 0.1) is 5.92 Å². The molecule has 0 amide bonds. The number of hydrogen-bond donors (Lipinski definition) is 1. The van der Waals surface area contributed by atoms with E-state index < -0.39 is 0 Å². The lowest BCUT2D eigenvalue weighted by molar-refractivity contribution is 0.277. The van der Waals surface area contributed by atoms with Crippen LogP contribution in [-0.4, -0.2) is 30.6 Å². The predicted molar refractivity (Wildman–Crippen MR) is 51.0 cm³/mol. The van der Waals surface area contributed by atoms with E-state index in [1.807, 2.05) is 0 Å². The van der Waals surface area contributed by atoms with E-state index in [4.69, 9.17) is 5.73 Å². The molecule has 0 aromatic rings. The van der Waals surface area contributed by atoms with E-state index in [2.05, 4.69) is 4.90 Å². The van der Waals surface area contributed by atoms with Gasteiger partial charge in [0.25, 0.3) is 0 Å². The van der Waals surface area contributed by atoms with Gasteiger partial charge >= 0.3 is 0 Å². The molecule has 0 aromatic carbocycles. The highest BCUT2D eigenvalue weighted by atomic mass is 15.2. The predicted octanol–water partition coefficient (Wildman–Crippen LogP) is 1.21. The van der Waals surface area contributed by atoms with Gasteiger partial charge in [-0.15, -0.1) is 0 Å². The lowest BCUT2D eigenvalue weighted by Gasteiger charge is -2.19. The SMILES string of the molecule is N[C@H]1CCN(CC2CCCC2)C1. The largest absolute Gasteiger partial charge is 0.326 e. The first-order valence-corrected chi connectivity index (χ1v) is 5.32. The minimum Gasteiger partial charge on any atom is -0.326 e. The summed E-state index contributed by atoms with van der Waals surface area (Å²) in [6, 6.07) is 0.464. The van der Waals surface area contributed by atoms with Crippen molar-refractivity contribution in [3.05, 3.63) is 0 Å². The summed E-state index contributed by atoms with van der Waals surface area (Å²) in [6.07, 6.45) is 7.07. The lowest BCUT2D eigenvalue weighted by atomic mass is 10.1. The van der Waals surface area contributed by atoms with Gasteiger partial charge in [-0.05, 0) is 31.7 Å². The quantitative estimate of drug-likeness (QED) is 0.671. The summed E-state index contributed by atoms with van der Waals surface area (Å²) in [5.74, 6) is 0.996. The fourth-order valence-corrected chi connectivity index (χ4v) is 2.59. The minimum absolute atomic E-state index is 0.464. The first-order chi connectivity index (χ1) is 5.84. The van der Waals surface area contributed by atoms with Crippen molar-refractivity contribution in [1.82, 2.24) is 4.90 Å². The van der Waals surface area contributed by atoms with E-state index in [0.717, 1.165) is 12.5 Å². The van der Waals surface area contributed by atoms with Gasteiger partial charge in [-0.1, -0.05) is 12.8 Å². The Bertz CT molecular complexity index is 141. The fraction of sp³-hybridized carbons (Fsp3) is 1.00. The maximum Gasteiger partial charge on any atom is 0.0180 e. The Balaban J connectivity index is 1.72. The van der Waals surface area contributed by atoms with Crippen LogP contribution in [0.25, 0.3) is 0 Å². The minimum atomic E-state index is 0.464. The molecule has 1 aliphatic carbocycles. The molecule has 2 nitrogen and oxygen atoms in total. The van der Waals surface area contributed by atoms with Crippen LogP contribution in [0.5, 0.6) is 0 Å². The number of hydrogen-bond acceptors (Lipinski definition) is 2. The second-order valence-electron chi connectivity index (χ2n) is 4.46. The van der Waals surface area contributed by atoms with Gasteiger partial charge in [-0.2, -0.15) is 0 Å². The van der Waals surface area contributed by atoms with Crippen LogP contribution in [0.2, 0.25) is 0 Å². The molecular formula is C10H20N2. The maximum absolute atomic E-state index is 5.86. The summed E-state index contributed by atoms with van der Waals surface area (Å²) in [4.78, 5) is 2.56. The molecular weight excluding hydrogens is 148 g/mol. The van der Waals surface area contributed by atoms with Crippen LogP contribution in [0.3, 0.4) is 0 Å². The number of rotatable bonds is 2. The Kier molecular flexibility index (Phi) is 2.66. The van der Waals surface area contributed by atoms with Gasteiger partial charge < -0.3 is 10.6 Å². The highest BCUT2D eigenvalue weighted by Crippen LogP contribution is 2.26. The molecule has 2 N–H and O–H groups in total. The molecule has 2 rings (SSSR count). The second kappa shape index (κ2) is 3.75. The zero-order valence-corrected chi connectivity index (χ0v) is 7.84. The zero-order chi connectivity index (χ0) is 8.39. The smallest absolute Gasteiger partial charge is 0.0180 e. The van der Waals surface area contributed by atoms with E-state index >= 15 is 0 Å². The topological polar surface area (TPSA) is 29.3 Å². The Morgan fingerprint density at radius 1 is 1.17 bits per heavy atom. The van der Waals surface area contributed by atoms with E-state index in [1.165, 1.54) is 45.2 Å². The first kappa shape index (κ1) is 8.52. The van der Waals surface area contributed by atoms with Gasteiger partial charge in [0.2, 0.25) is 0 Å². The number of nitrogens with two attached hydrogens (primary N) is 1. The highest BCUT2D eigenvalue weighted by molar-refractivity contribution is 4.80. The van der Waals surface area contributed by atoms with Gasteiger partial charge in [0.1, 0.15) is 0 Å². The lowest BCUT2D eigenvalue weighted by Crippen LogP contribution is -2.30. The average molecular weight is 168 g/mol. The summed E-state index contributed by atoms with van der Waals surface area (Å²) in [7, 11) is 0. The summed E-state index contributed by atoms with van der Waals surface area (Å²) in [5, 5.41) is 0. The van der Waals surface area contributed by atoms with Gasteiger partial charge in [0, 0.05) is 19.1 Å².